The van der Waals surface area contributed by atoms with Crippen molar-refractivity contribution in [2.75, 3.05) is 19.0 Å². The first-order valence-corrected chi connectivity index (χ1v) is 9.01. The minimum absolute atomic E-state index is 0.118. The number of hydrogen-bond acceptors (Lipinski definition) is 6. The van der Waals surface area contributed by atoms with Crippen LogP contribution >= 0.6 is 0 Å². The van der Waals surface area contributed by atoms with Crippen LogP contribution in [0.15, 0.2) is 18.2 Å². The van der Waals surface area contributed by atoms with E-state index in [1.54, 1.807) is 0 Å². The second-order valence-electron chi connectivity index (χ2n) is 8.06. The number of nitrogens with one attached hydrogen (secondary N) is 1. The first-order chi connectivity index (χ1) is 13.0. The number of anilines is 1. The Balaban J connectivity index is 1.78. The largest absolute Gasteiger partial charge is 0.494 e. The lowest BCUT2D eigenvalue weighted by atomic mass is 9.62. The Bertz CT molecular complexity index is 880. The molecule has 150 valence electrons. The highest BCUT2D eigenvalue weighted by atomic mass is 16.6. The molecule has 0 spiro atoms. The molecular formula is C19H23N3O6. The van der Waals surface area contributed by atoms with Gasteiger partial charge in [0.1, 0.15) is 12.3 Å². The topological polar surface area (TPSA) is 119 Å². The zero-order valence-electron chi connectivity index (χ0n) is 16.3. The summed E-state index contributed by atoms with van der Waals surface area (Å²) in [5.41, 5.74) is -1.08. The number of nitrogens with zero attached hydrogens (tertiary/aromatic N) is 2. The average molecular weight is 389 g/mol. The van der Waals surface area contributed by atoms with Crippen LogP contribution in [0.1, 0.15) is 33.6 Å². The first-order valence-electron chi connectivity index (χ1n) is 9.01. The highest BCUT2D eigenvalue weighted by Crippen LogP contribution is 2.59. The average Bonchev–Trinajstić information content (AvgIpc) is 2.83. The number of carbonyl (C=O) groups is 3. The summed E-state index contributed by atoms with van der Waals surface area (Å²) in [5, 5.41) is 13.4. The fourth-order valence-electron chi connectivity index (χ4n) is 4.28. The third-order valence-electron chi connectivity index (χ3n) is 6.48. The summed E-state index contributed by atoms with van der Waals surface area (Å²) in [5.74, 6) is -1.40. The summed E-state index contributed by atoms with van der Waals surface area (Å²) in [6, 6.07) is 3.78. The number of ether oxygens (including phenoxy) is 1. The van der Waals surface area contributed by atoms with Gasteiger partial charge in [-0.3, -0.25) is 29.4 Å². The van der Waals surface area contributed by atoms with Gasteiger partial charge in [-0.05, 0) is 24.3 Å². The number of benzene rings is 1. The molecule has 9 heteroatoms. The summed E-state index contributed by atoms with van der Waals surface area (Å²) in [6.45, 7) is 5.31. The third-order valence-corrected chi connectivity index (χ3v) is 6.48. The molecular weight excluding hydrogens is 366 g/mol. The lowest BCUT2D eigenvalue weighted by Crippen LogP contribution is -2.60. The molecule has 1 heterocycles. The number of nitro benzene ring substituents is 1. The van der Waals surface area contributed by atoms with E-state index in [9.17, 15) is 24.5 Å². The smallest absolute Gasteiger partial charge is 0.273 e. The van der Waals surface area contributed by atoms with Crippen molar-refractivity contribution < 1.29 is 24.0 Å². The monoisotopic (exact) mass is 389 g/mol. The van der Waals surface area contributed by atoms with E-state index in [2.05, 4.69) is 5.32 Å². The Labute approximate surface area is 162 Å². The molecule has 1 saturated heterocycles. The Morgan fingerprint density at radius 1 is 1.36 bits per heavy atom. The molecule has 1 aromatic carbocycles. The minimum Gasteiger partial charge on any atom is -0.494 e. The normalized spacial score (nSPS) is 25.6. The van der Waals surface area contributed by atoms with Gasteiger partial charge in [-0.2, -0.15) is 0 Å². The maximum absolute atomic E-state index is 13.0. The molecule has 2 unspecified atom stereocenters. The van der Waals surface area contributed by atoms with E-state index >= 15 is 0 Å². The van der Waals surface area contributed by atoms with Crippen molar-refractivity contribution in [1.82, 2.24) is 4.90 Å². The molecule has 2 fully saturated rings. The Morgan fingerprint density at radius 2 is 2.04 bits per heavy atom. The second kappa shape index (κ2) is 6.57. The zero-order chi connectivity index (χ0) is 20.9. The number of methoxy groups -OCH3 is 1. The van der Waals surface area contributed by atoms with E-state index in [1.807, 2.05) is 20.8 Å². The number of rotatable bonds is 5. The SMILES string of the molecule is COc1cc([N+](=O)[O-])ccc1NC(=O)CN1C(=O)C2CCC(C)(C1=O)C2(C)C. The van der Waals surface area contributed by atoms with E-state index in [-0.39, 0.29) is 34.9 Å². The van der Waals surface area contributed by atoms with Crippen LogP contribution in [0, 0.1) is 26.9 Å². The molecule has 1 aliphatic carbocycles. The Kier molecular flexibility index (Phi) is 4.64. The Morgan fingerprint density at radius 3 is 2.64 bits per heavy atom. The van der Waals surface area contributed by atoms with Gasteiger partial charge in [-0.15, -0.1) is 0 Å². The van der Waals surface area contributed by atoms with Gasteiger partial charge >= 0.3 is 0 Å². The molecule has 1 aromatic rings. The van der Waals surface area contributed by atoms with Crippen LogP contribution in [0.3, 0.4) is 0 Å². The lowest BCUT2D eigenvalue weighted by Gasteiger charge is -2.47. The summed E-state index contributed by atoms with van der Waals surface area (Å²) in [6.07, 6.45) is 1.24. The van der Waals surface area contributed by atoms with E-state index in [4.69, 9.17) is 4.74 Å². The van der Waals surface area contributed by atoms with Gasteiger partial charge in [-0.25, -0.2) is 0 Å². The van der Waals surface area contributed by atoms with Gasteiger partial charge in [0.05, 0.1) is 29.2 Å². The number of likely N-dealkylation sites (tertiary alicyclic amines) is 1. The molecule has 3 rings (SSSR count). The van der Waals surface area contributed by atoms with E-state index in [0.717, 1.165) is 4.90 Å². The number of non-ortho nitro benzene ring substituents is 1. The molecule has 1 saturated carbocycles. The summed E-state index contributed by atoms with van der Waals surface area (Å²) < 4.78 is 5.09. The molecule has 9 nitrogen and oxygen atoms in total. The van der Waals surface area contributed by atoms with Crippen molar-refractivity contribution in [3.63, 3.8) is 0 Å². The van der Waals surface area contributed by atoms with E-state index < -0.39 is 28.2 Å². The van der Waals surface area contributed by atoms with Gasteiger partial charge < -0.3 is 10.1 Å². The van der Waals surface area contributed by atoms with E-state index in [0.29, 0.717) is 12.8 Å². The molecule has 28 heavy (non-hydrogen) atoms. The predicted molar refractivity (Wildman–Crippen MR) is 99.6 cm³/mol. The predicted octanol–water partition coefficient (Wildman–Crippen LogP) is 2.35. The van der Waals surface area contributed by atoms with Crippen molar-refractivity contribution in [3.05, 3.63) is 28.3 Å². The van der Waals surface area contributed by atoms with Gasteiger partial charge in [0.25, 0.3) is 5.69 Å². The van der Waals surface area contributed by atoms with Crippen molar-refractivity contribution >= 4 is 29.1 Å². The number of imide groups is 1. The fraction of sp³-hybridized carbons (Fsp3) is 0.526. The van der Waals surface area contributed by atoms with Crippen LogP contribution in [0.4, 0.5) is 11.4 Å². The number of fused-ring (bicyclic) bond motifs is 2. The van der Waals surface area contributed by atoms with Crippen molar-refractivity contribution in [2.24, 2.45) is 16.7 Å². The number of piperidine rings is 1. The molecule has 0 radical (unpaired) electrons. The maximum atomic E-state index is 13.0. The van der Waals surface area contributed by atoms with Gasteiger partial charge in [0.15, 0.2) is 0 Å². The molecule has 0 aromatic heterocycles. The summed E-state index contributed by atoms with van der Waals surface area (Å²) >= 11 is 0. The molecule has 1 aliphatic heterocycles. The number of amides is 3. The quantitative estimate of drug-likeness (QED) is 0.469. The number of carbonyl (C=O) groups excluding carboxylic acids is 3. The molecule has 3 amide bonds. The Hall–Kier alpha value is -2.97. The van der Waals surface area contributed by atoms with Crippen LogP contribution < -0.4 is 10.1 Å². The standard InChI is InChI=1S/C19H23N3O6/c1-18(2)12-7-8-19(18,3)17(25)21(16(12)24)10-15(23)20-13-6-5-11(22(26)27)9-14(13)28-4/h5-6,9,12H,7-8,10H2,1-4H3,(H,20,23). The zero-order valence-corrected chi connectivity index (χ0v) is 16.3. The van der Waals surface area contributed by atoms with Crippen LogP contribution in [-0.2, 0) is 14.4 Å². The van der Waals surface area contributed by atoms with Gasteiger partial charge in [0.2, 0.25) is 17.7 Å². The highest BCUT2D eigenvalue weighted by molar-refractivity contribution is 6.07. The van der Waals surface area contributed by atoms with Crippen LogP contribution in [0.2, 0.25) is 0 Å². The molecule has 2 atom stereocenters. The van der Waals surface area contributed by atoms with Crippen molar-refractivity contribution in [3.8, 4) is 5.75 Å². The second-order valence-corrected chi connectivity index (χ2v) is 8.06. The summed E-state index contributed by atoms with van der Waals surface area (Å²) in [4.78, 5) is 49.6. The van der Waals surface area contributed by atoms with Crippen LogP contribution in [0.25, 0.3) is 0 Å². The minimum atomic E-state index is -0.684. The maximum Gasteiger partial charge on any atom is 0.273 e. The fourth-order valence-corrected chi connectivity index (χ4v) is 4.28. The highest BCUT2D eigenvalue weighted by Gasteiger charge is 2.64. The van der Waals surface area contributed by atoms with E-state index in [1.165, 1.54) is 25.3 Å². The molecule has 1 N–H and O–H groups in total. The van der Waals surface area contributed by atoms with Crippen molar-refractivity contribution in [1.29, 1.82) is 0 Å². The number of hydrogen-bond donors (Lipinski definition) is 1. The lowest BCUT2D eigenvalue weighted by molar-refractivity contribution is -0.384. The van der Waals surface area contributed by atoms with Crippen LogP contribution in [-0.4, -0.2) is 41.2 Å². The number of nitro groups is 1. The first kappa shape index (κ1) is 19.8. The summed E-state index contributed by atoms with van der Waals surface area (Å²) in [7, 11) is 1.33. The van der Waals surface area contributed by atoms with Gasteiger partial charge in [0, 0.05) is 12.0 Å². The van der Waals surface area contributed by atoms with Gasteiger partial charge in [-0.1, -0.05) is 20.8 Å². The molecule has 2 bridgehead atoms. The van der Waals surface area contributed by atoms with Crippen molar-refractivity contribution in [2.45, 2.75) is 33.6 Å². The molecule has 2 aliphatic rings. The third kappa shape index (κ3) is 2.81. The van der Waals surface area contributed by atoms with Crippen LogP contribution in [0.5, 0.6) is 5.75 Å².